The van der Waals surface area contributed by atoms with Crippen molar-refractivity contribution >= 4 is 11.8 Å². The van der Waals surface area contributed by atoms with Crippen molar-refractivity contribution in [2.45, 2.75) is 30.6 Å². The zero-order chi connectivity index (χ0) is 12.6. The lowest BCUT2D eigenvalue weighted by Gasteiger charge is -2.42. The number of fused-ring (bicyclic) bond motifs is 2. The second kappa shape index (κ2) is 4.34. The number of hydrogen-bond donors (Lipinski definition) is 3. The average molecular weight is 245 g/mol. The molecule has 2 aliphatic rings. The first-order valence-electron chi connectivity index (χ1n) is 5.45. The first-order valence-corrected chi connectivity index (χ1v) is 5.45. The molecule has 0 aromatic rings. The fraction of sp³-hybridized carbons (Fsp3) is 0.800. The SMILES string of the molecule is O=C1C2CCC(O2)C(=O)N1C(CO)(CO)CO. The Morgan fingerprint density at radius 1 is 1.06 bits per heavy atom. The number of aliphatic hydroxyl groups is 3. The van der Waals surface area contributed by atoms with Crippen LogP contribution in [0.1, 0.15) is 12.8 Å². The molecule has 0 radical (unpaired) electrons. The van der Waals surface area contributed by atoms with Crippen molar-refractivity contribution in [3.05, 3.63) is 0 Å². The van der Waals surface area contributed by atoms with Crippen molar-refractivity contribution in [2.24, 2.45) is 0 Å². The number of carbonyl (C=O) groups is 2. The lowest BCUT2D eigenvalue weighted by Crippen LogP contribution is -2.67. The molecule has 2 unspecified atom stereocenters. The van der Waals surface area contributed by atoms with E-state index in [1.54, 1.807) is 0 Å². The predicted octanol–water partition coefficient (Wildman–Crippen LogP) is -2.38. The second-order valence-electron chi connectivity index (χ2n) is 4.40. The third kappa shape index (κ3) is 1.66. The highest BCUT2D eigenvalue weighted by Gasteiger charge is 2.53. The van der Waals surface area contributed by atoms with Crippen LogP contribution in [0.5, 0.6) is 0 Å². The van der Waals surface area contributed by atoms with Crippen LogP contribution in [0, 0.1) is 0 Å². The number of ether oxygens (including phenoxy) is 1. The van der Waals surface area contributed by atoms with E-state index in [0.717, 1.165) is 4.90 Å². The van der Waals surface area contributed by atoms with E-state index in [-0.39, 0.29) is 0 Å². The number of hydrogen-bond acceptors (Lipinski definition) is 6. The van der Waals surface area contributed by atoms with E-state index in [4.69, 9.17) is 4.74 Å². The van der Waals surface area contributed by atoms with Crippen LogP contribution < -0.4 is 0 Å². The molecule has 0 aliphatic carbocycles. The molecule has 2 rings (SSSR count). The van der Waals surface area contributed by atoms with Crippen LogP contribution in [0.25, 0.3) is 0 Å². The Balaban J connectivity index is 2.35. The molecule has 2 amide bonds. The fourth-order valence-corrected chi connectivity index (χ4v) is 2.23. The Morgan fingerprint density at radius 2 is 1.47 bits per heavy atom. The first-order chi connectivity index (χ1) is 8.09. The Morgan fingerprint density at radius 3 is 1.82 bits per heavy atom. The summed E-state index contributed by atoms with van der Waals surface area (Å²) in [4.78, 5) is 24.7. The van der Waals surface area contributed by atoms with Crippen LogP contribution in [0.15, 0.2) is 0 Å². The van der Waals surface area contributed by atoms with Gasteiger partial charge in [-0.15, -0.1) is 0 Å². The van der Waals surface area contributed by atoms with Gasteiger partial charge in [0.05, 0.1) is 19.8 Å². The van der Waals surface area contributed by atoms with E-state index in [2.05, 4.69) is 0 Å². The zero-order valence-electron chi connectivity index (χ0n) is 9.20. The van der Waals surface area contributed by atoms with Crippen molar-refractivity contribution in [3.8, 4) is 0 Å². The van der Waals surface area contributed by atoms with Crippen LogP contribution in [0.4, 0.5) is 0 Å². The smallest absolute Gasteiger partial charge is 0.259 e. The number of carbonyl (C=O) groups excluding carboxylic acids is 2. The van der Waals surface area contributed by atoms with Gasteiger partial charge >= 0.3 is 0 Å². The Kier molecular flexibility index (Phi) is 3.17. The van der Waals surface area contributed by atoms with E-state index in [1.165, 1.54) is 0 Å². The number of amides is 2. The maximum absolute atomic E-state index is 12.0. The lowest BCUT2D eigenvalue weighted by atomic mass is 9.98. The van der Waals surface area contributed by atoms with Gasteiger partial charge in [-0.05, 0) is 12.8 Å². The molecule has 2 aliphatic heterocycles. The Bertz CT molecular complexity index is 309. The molecule has 2 bridgehead atoms. The van der Waals surface area contributed by atoms with Crippen LogP contribution >= 0.6 is 0 Å². The molecule has 0 aromatic heterocycles. The number of nitrogens with zero attached hydrogens (tertiary/aromatic N) is 1. The summed E-state index contributed by atoms with van der Waals surface area (Å²) in [7, 11) is 0. The van der Waals surface area contributed by atoms with E-state index in [0.29, 0.717) is 12.8 Å². The third-order valence-corrected chi connectivity index (χ3v) is 3.37. The molecule has 7 nitrogen and oxygen atoms in total. The third-order valence-electron chi connectivity index (χ3n) is 3.37. The summed E-state index contributed by atoms with van der Waals surface area (Å²) in [6, 6.07) is 0. The normalized spacial score (nSPS) is 29.0. The molecule has 3 N–H and O–H groups in total. The summed E-state index contributed by atoms with van der Waals surface area (Å²) in [5.41, 5.74) is -1.64. The monoisotopic (exact) mass is 245 g/mol. The highest BCUT2D eigenvalue weighted by atomic mass is 16.5. The van der Waals surface area contributed by atoms with Gasteiger partial charge in [-0.1, -0.05) is 0 Å². The summed E-state index contributed by atoms with van der Waals surface area (Å²) >= 11 is 0. The van der Waals surface area contributed by atoms with Gasteiger partial charge < -0.3 is 20.1 Å². The molecular formula is C10H15NO6. The van der Waals surface area contributed by atoms with Gasteiger partial charge in [-0.2, -0.15) is 0 Å². The molecule has 0 saturated carbocycles. The van der Waals surface area contributed by atoms with Gasteiger partial charge in [0.2, 0.25) is 0 Å². The van der Waals surface area contributed by atoms with Crippen LogP contribution in [0.3, 0.4) is 0 Å². The van der Waals surface area contributed by atoms with Crippen molar-refractivity contribution < 1.29 is 29.6 Å². The summed E-state index contributed by atoms with van der Waals surface area (Å²) < 4.78 is 5.20. The highest BCUT2D eigenvalue weighted by Crippen LogP contribution is 2.32. The molecule has 2 atom stereocenters. The van der Waals surface area contributed by atoms with E-state index < -0.39 is 49.4 Å². The minimum Gasteiger partial charge on any atom is -0.394 e. The van der Waals surface area contributed by atoms with Crippen molar-refractivity contribution in [1.29, 1.82) is 0 Å². The van der Waals surface area contributed by atoms with E-state index in [1.807, 2.05) is 0 Å². The summed E-state index contributed by atoms with van der Waals surface area (Å²) in [5, 5.41) is 27.8. The maximum atomic E-state index is 12.0. The van der Waals surface area contributed by atoms with Crippen molar-refractivity contribution in [3.63, 3.8) is 0 Å². The van der Waals surface area contributed by atoms with Crippen LogP contribution in [-0.2, 0) is 14.3 Å². The van der Waals surface area contributed by atoms with Gasteiger partial charge in [-0.3, -0.25) is 14.5 Å². The summed E-state index contributed by atoms with van der Waals surface area (Å²) in [6.07, 6.45) is -0.516. The largest absolute Gasteiger partial charge is 0.394 e. The lowest BCUT2D eigenvalue weighted by molar-refractivity contribution is -0.184. The summed E-state index contributed by atoms with van der Waals surface area (Å²) in [5.74, 6) is -1.19. The quantitative estimate of drug-likeness (QED) is 0.477. The number of rotatable bonds is 4. The molecule has 2 fully saturated rings. The van der Waals surface area contributed by atoms with Crippen molar-refractivity contribution in [1.82, 2.24) is 4.90 Å². The molecule has 7 heteroatoms. The topological polar surface area (TPSA) is 107 Å². The van der Waals surface area contributed by atoms with E-state index in [9.17, 15) is 24.9 Å². The standard InChI is InChI=1S/C10H15NO6/c12-3-10(4-13,5-14)11-8(15)6-1-2-7(17-6)9(11)16/h6-7,12-14H,1-5H2. The van der Waals surface area contributed by atoms with Gasteiger partial charge in [0.1, 0.15) is 17.7 Å². The first kappa shape index (κ1) is 12.4. The van der Waals surface area contributed by atoms with Crippen LogP contribution in [0.2, 0.25) is 0 Å². The van der Waals surface area contributed by atoms with Gasteiger partial charge in [0.25, 0.3) is 11.8 Å². The summed E-state index contributed by atoms with van der Waals surface area (Å²) in [6.45, 7) is -2.05. The second-order valence-corrected chi connectivity index (χ2v) is 4.40. The zero-order valence-corrected chi connectivity index (χ0v) is 9.20. The number of morpholine rings is 1. The Labute approximate surface area is 97.6 Å². The van der Waals surface area contributed by atoms with Gasteiger partial charge in [-0.25, -0.2) is 0 Å². The Hall–Kier alpha value is -1.02. The number of likely N-dealkylation sites (tertiary alicyclic amines) is 1. The highest BCUT2D eigenvalue weighted by molar-refractivity contribution is 6.03. The molecule has 2 saturated heterocycles. The fourth-order valence-electron chi connectivity index (χ4n) is 2.23. The van der Waals surface area contributed by atoms with E-state index >= 15 is 0 Å². The van der Waals surface area contributed by atoms with Gasteiger partial charge in [0.15, 0.2) is 0 Å². The average Bonchev–Trinajstić information content (AvgIpc) is 2.80. The van der Waals surface area contributed by atoms with Gasteiger partial charge in [0, 0.05) is 0 Å². The maximum Gasteiger partial charge on any atom is 0.259 e. The number of imide groups is 1. The molecule has 2 heterocycles. The predicted molar refractivity (Wildman–Crippen MR) is 53.7 cm³/mol. The molecule has 0 aromatic carbocycles. The molecule has 17 heavy (non-hydrogen) atoms. The minimum atomic E-state index is -1.64. The molecular weight excluding hydrogens is 230 g/mol. The van der Waals surface area contributed by atoms with Crippen molar-refractivity contribution in [2.75, 3.05) is 19.8 Å². The molecule has 96 valence electrons. The number of aliphatic hydroxyl groups excluding tert-OH is 3. The van der Waals surface area contributed by atoms with Crippen LogP contribution in [-0.4, -0.2) is 69.6 Å². The molecule has 0 spiro atoms. The minimum absolute atomic E-state index is 0.449.